The van der Waals surface area contributed by atoms with Gasteiger partial charge >= 0.3 is 0 Å². The summed E-state index contributed by atoms with van der Waals surface area (Å²) in [6.45, 7) is 6.43. The summed E-state index contributed by atoms with van der Waals surface area (Å²) in [5.74, 6) is 1.42. The number of ether oxygens (including phenoxy) is 2. The van der Waals surface area contributed by atoms with E-state index in [4.69, 9.17) is 9.47 Å². The Hall–Kier alpha value is -2.50. The maximum Gasteiger partial charge on any atom is 0.254 e. The number of carbonyl (C=O) groups excluding carboxylic acids is 2. The standard InChI is InChI=1S/C20H28N2O4/c1-15(2)6-9-19(23)21-10-5-11-22(13-12-21)20(24)16-7-8-17(25-3)18(14-16)26-4/h6-9,14-15H,5,10-13H2,1-4H3/b9-6+. The fourth-order valence-corrected chi connectivity index (χ4v) is 2.87. The Labute approximate surface area is 155 Å². The number of methoxy groups -OCH3 is 2. The minimum atomic E-state index is -0.0574. The highest BCUT2D eigenvalue weighted by molar-refractivity contribution is 5.95. The number of allylic oxidation sites excluding steroid dienone is 1. The van der Waals surface area contributed by atoms with Crippen molar-refractivity contribution in [2.24, 2.45) is 5.92 Å². The fourth-order valence-electron chi connectivity index (χ4n) is 2.87. The molecule has 0 aromatic heterocycles. The zero-order chi connectivity index (χ0) is 19.1. The van der Waals surface area contributed by atoms with Crippen LogP contribution in [0.3, 0.4) is 0 Å². The van der Waals surface area contributed by atoms with Gasteiger partial charge in [0.15, 0.2) is 11.5 Å². The molecule has 1 aliphatic heterocycles. The van der Waals surface area contributed by atoms with Crippen molar-refractivity contribution in [2.45, 2.75) is 20.3 Å². The molecule has 0 bridgehead atoms. The van der Waals surface area contributed by atoms with Crippen LogP contribution in [0, 0.1) is 5.92 Å². The van der Waals surface area contributed by atoms with Gasteiger partial charge in [0.2, 0.25) is 5.91 Å². The van der Waals surface area contributed by atoms with Gasteiger partial charge in [0.1, 0.15) is 0 Å². The smallest absolute Gasteiger partial charge is 0.254 e. The molecule has 1 saturated heterocycles. The second kappa shape index (κ2) is 9.27. The van der Waals surface area contributed by atoms with Crippen molar-refractivity contribution in [2.75, 3.05) is 40.4 Å². The van der Waals surface area contributed by atoms with E-state index < -0.39 is 0 Å². The molecule has 0 unspecified atom stereocenters. The summed E-state index contributed by atoms with van der Waals surface area (Å²) in [5.41, 5.74) is 0.558. The summed E-state index contributed by atoms with van der Waals surface area (Å²) in [6.07, 6.45) is 4.30. The summed E-state index contributed by atoms with van der Waals surface area (Å²) >= 11 is 0. The first-order chi connectivity index (χ1) is 12.5. The summed E-state index contributed by atoms with van der Waals surface area (Å²) in [6, 6.07) is 5.17. The molecule has 0 N–H and O–H groups in total. The molecule has 0 aliphatic carbocycles. The Balaban J connectivity index is 2.04. The van der Waals surface area contributed by atoms with Gasteiger partial charge in [-0.05, 0) is 36.6 Å². The first-order valence-electron chi connectivity index (χ1n) is 8.94. The molecular formula is C20H28N2O4. The van der Waals surface area contributed by atoms with Gasteiger partial charge in [-0.15, -0.1) is 0 Å². The average molecular weight is 360 g/mol. The van der Waals surface area contributed by atoms with Gasteiger partial charge in [0, 0.05) is 31.7 Å². The van der Waals surface area contributed by atoms with Crippen LogP contribution in [0.25, 0.3) is 0 Å². The Bertz CT molecular complexity index is 670. The maximum absolute atomic E-state index is 12.8. The van der Waals surface area contributed by atoms with Gasteiger partial charge in [0.25, 0.3) is 5.91 Å². The minimum absolute atomic E-state index is 0.0131. The largest absolute Gasteiger partial charge is 0.493 e. The highest BCUT2D eigenvalue weighted by Crippen LogP contribution is 2.28. The molecule has 1 fully saturated rings. The zero-order valence-electron chi connectivity index (χ0n) is 16.0. The zero-order valence-corrected chi connectivity index (χ0v) is 16.0. The molecule has 0 saturated carbocycles. The van der Waals surface area contributed by atoms with Crippen LogP contribution in [-0.4, -0.2) is 62.0 Å². The number of hydrogen-bond acceptors (Lipinski definition) is 4. The third kappa shape index (κ3) is 5.00. The molecule has 26 heavy (non-hydrogen) atoms. The summed E-state index contributed by atoms with van der Waals surface area (Å²) in [4.78, 5) is 28.7. The van der Waals surface area contributed by atoms with Crippen LogP contribution in [0.2, 0.25) is 0 Å². The second-order valence-corrected chi connectivity index (χ2v) is 6.64. The fraction of sp³-hybridized carbons (Fsp3) is 0.500. The molecule has 1 aromatic rings. The number of hydrogen-bond donors (Lipinski definition) is 0. The maximum atomic E-state index is 12.8. The normalized spacial score (nSPS) is 15.3. The highest BCUT2D eigenvalue weighted by Gasteiger charge is 2.22. The van der Waals surface area contributed by atoms with Crippen LogP contribution in [0.1, 0.15) is 30.6 Å². The monoisotopic (exact) mass is 360 g/mol. The van der Waals surface area contributed by atoms with Crippen LogP contribution in [0.5, 0.6) is 11.5 Å². The quantitative estimate of drug-likeness (QED) is 0.758. The Kier molecular flexibility index (Phi) is 7.06. The van der Waals surface area contributed by atoms with Crippen molar-refractivity contribution in [1.29, 1.82) is 0 Å². The molecule has 1 aromatic carbocycles. The van der Waals surface area contributed by atoms with E-state index in [-0.39, 0.29) is 11.8 Å². The molecule has 142 valence electrons. The van der Waals surface area contributed by atoms with E-state index in [2.05, 4.69) is 0 Å². The molecule has 1 heterocycles. The van der Waals surface area contributed by atoms with Gasteiger partial charge < -0.3 is 19.3 Å². The van der Waals surface area contributed by atoms with E-state index in [9.17, 15) is 9.59 Å². The highest BCUT2D eigenvalue weighted by atomic mass is 16.5. The summed E-state index contributed by atoms with van der Waals surface area (Å²) < 4.78 is 10.5. The van der Waals surface area contributed by atoms with Crippen LogP contribution in [0.4, 0.5) is 0 Å². The molecule has 6 heteroatoms. The van der Waals surface area contributed by atoms with Gasteiger partial charge in [-0.2, -0.15) is 0 Å². The summed E-state index contributed by atoms with van der Waals surface area (Å²) in [7, 11) is 3.11. The predicted octanol–water partition coefficient (Wildman–Crippen LogP) is 2.59. The van der Waals surface area contributed by atoms with E-state index in [1.165, 1.54) is 0 Å². The lowest BCUT2D eigenvalue weighted by atomic mass is 10.1. The first kappa shape index (κ1) is 19.8. The van der Waals surface area contributed by atoms with Crippen LogP contribution < -0.4 is 9.47 Å². The minimum Gasteiger partial charge on any atom is -0.493 e. The third-order valence-corrected chi connectivity index (χ3v) is 4.35. The Morgan fingerprint density at radius 3 is 2.31 bits per heavy atom. The van der Waals surface area contributed by atoms with Crippen LogP contribution >= 0.6 is 0 Å². The Morgan fingerprint density at radius 1 is 1.00 bits per heavy atom. The number of amides is 2. The molecule has 6 nitrogen and oxygen atoms in total. The molecular weight excluding hydrogens is 332 g/mol. The Morgan fingerprint density at radius 2 is 1.65 bits per heavy atom. The molecule has 1 aliphatic rings. The van der Waals surface area contributed by atoms with Crippen molar-refractivity contribution in [3.63, 3.8) is 0 Å². The van der Waals surface area contributed by atoms with E-state index in [0.29, 0.717) is 49.2 Å². The van der Waals surface area contributed by atoms with Crippen molar-refractivity contribution in [3.8, 4) is 11.5 Å². The molecule has 2 rings (SSSR count). The summed E-state index contributed by atoms with van der Waals surface area (Å²) in [5, 5.41) is 0. The van der Waals surface area contributed by atoms with E-state index in [0.717, 1.165) is 6.42 Å². The van der Waals surface area contributed by atoms with Gasteiger partial charge in [-0.3, -0.25) is 9.59 Å². The SMILES string of the molecule is COc1ccc(C(=O)N2CCCN(C(=O)/C=C/C(C)C)CC2)cc1OC. The number of rotatable bonds is 5. The number of nitrogens with zero attached hydrogens (tertiary/aromatic N) is 2. The molecule has 0 spiro atoms. The van der Waals surface area contributed by atoms with Gasteiger partial charge in [0.05, 0.1) is 14.2 Å². The average Bonchev–Trinajstić information content (AvgIpc) is 2.91. The number of carbonyl (C=O) groups is 2. The lowest BCUT2D eigenvalue weighted by Gasteiger charge is -2.22. The molecule has 2 amide bonds. The van der Waals surface area contributed by atoms with Gasteiger partial charge in [-0.25, -0.2) is 0 Å². The van der Waals surface area contributed by atoms with Crippen molar-refractivity contribution >= 4 is 11.8 Å². The van der Waals surface area contributed by atoms with Crippen molar-refractivity contribution in [1.82, 2.24) is 9.80 Å². The lowest BCUT2D eigenvalue weighted by Crippen LogP contribution is -2.36. The van der Waals surface area contributed by atoms with Crippen molar-refractivity contribution in [3.05, 3.63) is 35.9 Å². The van der Waals surface area contributed by atoms with Crippen LogP contribution in [-0.2, 0) is 4.79 Å². The van der Waals surface area contributed by atoms with Gasteiger partial charge in [-0.1, -0.05) is 19.9 Å². The molecule has 0 atom stereocenters. The van der Waals surface area contributed by atoms with E-state index >= 15 is 0 Å². The molecule has 0 radical (unpaired) electrons. The number of benzene rings is 1. The predicted molar refractivity (Wildman–Crippen MR) is 101 cm³/mol. The second-order valence-electron chi connectivity index (χ2n) is 6.64. The van der Waals surface area contributed by atoms with E-state index in [1.807, 2.05) is 19.9 Å². The van der Waals surface area contributed by atoms with Crippen LogP contribution in [0.15, 0.2) is 30.4 Å². The topological polar surface area (TPSA) is 59.1 Å². The third-order valence-electron chi connectivity index (χ3n) is 4.35. The lowest BCUT2D eigenvalue weighted by molar-refractivity contribution is -0.125. The van der Waals surface area contributed by atoms with Crippen molar-refractivity contribution < 1.29 is 19.1 Å². The van der Waals surface area contributed by atoms with E-state index in [1.54, 1.807) is 48.3 Å². The first-order valence-corrected chi connectivity index (χ1v) is 8.94.